The summed E-state index contributed by atoms with van der Waals surface area (Å²) in [7, 11) is 0. The zero-order valence-corrected chi connectivity index (χ0v) is 13.7. The molecule has 1 N–H and O–H groups in total. The van der Waals surface area contributed by atoms with Gasteiger partial charge in [-0.15, -0.1) is 0 Å². The van der Waals surface area contributed by atoms with Crippen LogP contribution in [0.4, 0.5) is 0 Å². The minimum atomic E-state index is -0.494. The fraction of sp³-hybridized carbons (Fsp3) is 0.800. The third-order valence-corrected chi connectivity index (χ3v) is 2.33. The summed E-state index contributed by atoms with van der Waals surface area (Å²) in [6.07, 6.45) is 1.65. The summed E-state index contributed by atoms with van der Waals surface area (Å²) in [4.78, 5) is 32.9. The van der Waals surface area contributed by atoms with Gasteiger partial charge in [-0.2, -0.15) is 0 Å². The van der Waals surface area contributed by atoms with Gasteiger partial charge in [0.1, 0.15) is 18.5 Å². The van der Waals surface area contributed by atoms with Crippen molar-refractivity contribution in [2.45, 2.75) is 45.6 Å². The number of aldehydes is 1. The van der Waals surface area contributed by atoms with Crippen molar-refractivity contribution < 1.29 is 28.6 Å². The minimum absolute atomic E-state index is 0.0672. The minimum Gasteiger partial charge on any atom is -0.460 e. The average Bonchev–Trinajstić information content (AvgIpc) is 2.39. The van der Waals surface area contributed by atoms with Crippen LogP contribution in [0.5, 0.6) is 0 Å². The largest absolute Gasteiger partial charge is 0.460 e. The second-order valence-corrected chi connectivity index (χ2v) is 5.64. The molecule has 0 saturated carbocycles. The molecule has 0 aliphatic rings. The second-order valence-electron chi connectivity index (χ2n) is 5.64. The number of carbonyl (C=O) groups is 3. The Morgan fingerprint density at radius 3 is 2.36 bits per heavy atom. The average molecular weight is 317 g/mol. The number of hydrogen-bond acceptors (Lipinski definition) is 6. The molecule has 1 amide bonds. The van der Waals surface area contributed by atoms with Gasteiger partial charge in [-0.1, -0.05) is 0 Å². The molecule has 0 aliphatic carbocycles. The van der Waals surface area contributed by atoms with Crippen LogP contribution in [0.3, 0.4) is 0 Å². The fourth-order valence-corrected chi connectivity index (χ4v) is 1.49. The highest BCUT2D eigenvalue weighted by atomic mass is 16.6. The van der Waals surface area contributed by atoms with Gasteiger partial charge in [0.2, 0.25) is 5.91 Å². The molecule has 0 spiro atoms. The van der Waals surface area contributed by atoms with Crippen LogP contribution in [-0.4, -0.2) is 56.7 Å². The molecule has 7 nitrogen and oxygen atoms in total. The van der Waals surface area contributed by atoms with E-state index in [9.17, 15) is 14.4 Å². The Morgan fingerprint density at radius 1 is 1.05 bits per heavy atom. The van der Waals surface area contributed by atoms with Crippen molar-refractivity contribution in [1.29, 1.82) is 0 Å². The van der Waals surface area contributed by atoms with Gasteiger partial charge in [-0.25, -0.2) is 0 Å². The molecule has 0 fully saturated rings. The maximum Gasteiger partial charge on any atom is 0.306 e. The number of rotatable bonds is 12. The number of hydrogen-bond donors (Lipinski definition) is 1. The molecule has 0 bridgehead atoms. The summed E-state index contributed by atoms with van der Waals surface area (Å²) >= 11 is 0. The molecular weight excluding hydrogens is 290 g/mol. The Morgan fingerprint density at radius 2 is 1.73 bits per heavy atom. The molecule has 7 heteroatoms. The summed E-state index contributed by atoms with van der Waals surface area (Å²) in [5, 5.41) is 2.69. The van der Waals surface area contributed by atoms with Crippen LogP contribution in [-0.2, 0) is 28.6 Å². The van der Waals surface area contributed by atoms with Crippen molar-refractivity contribution in [3.05, 3.63) is 0 Å². The number of nitrogens with one attached hydrogen (secondary N) is 1. The number of amides is 1. The third kappa shape index (κ3) is 14.9. The van der Waals surface area contributed by atoms with Gasteiger partial charge >= 0.3 is 5.97 Å². The highest BCUT2D eigenvalue weighted by molar-refractivity contribution is 5.77. The SMILES string of the molecule is CC(C)(C)OC(=O)CCCC(=O)NCCOCCOCC=O. The number of carbonyl (C=O) groups excluding carboxylic acids is 3. The lowest BCUT2D eigenvalue weighted by molar-refractivity contribution is -0.154. The summed E-state index contributed by atoms with van der Waals surface area (Å²) in [6, 6.07) is 0. The zero-order chi connectivity index (χ0) is 16.8. The molecule has 0 unspecified atom stereocenters. The summed E-state index contributed by atoms with van der Waals surface area (Å²) in [5.74, 6) is -0.414. The molecule has 0 heterocycles. The lowest BCUT2D eigenvalue weighted by Crippen LogP contribution is -2.28. The van der Waals surface area contributed by atoms with Crippen molar-refractivity contribution in [3.63, 3.8) is 0 Å². The van der Waals surface area contributed by atoms with E-state index in [1.54, 1.807) is 0 Å². The van der Waals surface area contributed by atoms with Gasteiger partial charge in [0.05, 0.1) is 19.8 Å². The first-order valence-corrected chi connectivity index (χ1v) is 7.43. The van der Waals surface area contributed by atoms with Crippen LogP contribution in [0.1, 0.15) is 40.0 Å². The van der Waals surface area contributed by atoms with Gasteiger partial charge in [0.15, 0.2) is 0 Å². The van der Waals surface area contributed by atoms with E-state index in [0.29, 0.717) is 39.1 Å². The quantitative estimate of drug-likeness (QED) is 0.326. The number of esters is 1. The second kappa shape index (κ2) is 12.1. The number of ether oxygens (including phenoxy) is 3. The van der Waals surface area contributed by atoms with E-state index in [4.69, 9.17) is 14.2 Å². The first-order chi connectivity index (χ1) is 10.3. The first kappa shape index (κ1) is 20.5. The summed E-state index contributed by atoms with van der Waals surface area (Å²) in [6.45, 7) is 6.99. The Balaban J connectivity index is 3.43. The van der Waals surface area contributed by atoms with Crippen LogP contribution in [0, 0.1) is 0 Å². The molecule has 0 radical (unpaired) electrons. The molecule has 0 aromatic carbocycles. The van der Waals surface area contributed by atoms with Crippen LogP contribution >= 0.6 is 0 Å². The Hall–Kier alpha value is -1.47. The van der Waals surface area contributed by atoms with Crippen molar-refractivity contribution in [1.82, 2.24) is 5.32 Å². The van der Waals surface area contributed by atoms with Crippen LogP contribution in [0.25, 0.3) is 0 Å². The predicted octanol–water partition coefficient (Wildman–Crippen LogP) is 0.847. The van der Waals surface area contributed by atoms with Crippen LogP contribution in [0.2, 0.25) is 0 Å². The predicted molar refractivity (Wildman–Crippen MR) is 80.4 cm³/mol. The molecule has 22 heavy (non-hydrogen) atoms. The lowest BCUT2D eigenvalue weighted by Gasteiger charge is -2.19. The van der Waals surface area contributed by atoms with E-state index >= 15 is 0 Å². The van der Waals surface area contributed by atoms with Crippen LogP contribution in [0.15, 0.2) is 0 Å². The van der Waals surface area contributed by atoms with E-state index in [1.807, 2.05) is 20.8 Å². The fourth-order valence-electron chi connectivity index (χ4n) is 1.49. The van der Waals surface area contributed by atoms with E-state index < -0.39 is 5.60 Å². The van der Waals surface area contributed by atoms with Gasteiger partial charge in [-0.05, 0) is 27.2 Å². The standard InChI is InChI=1S/C15H27NO6/c1-15(2,3)22-14(19)6-4-5-13(18)16-7-9-20-11-12-21-10-8-17/h8H,4-7,9-12H2,1-3H3,(H,16,18). The van der Waals surface area contributed by atoms with E-state index in [1.165, 1.54) is 0 Å². The first-order valence-electron chi connectivity index (χ1n) is 7.43. The Kier molecular flexibility index (Phi) is 11.3. The molecule has 128 valence electrons. The topological polar surface area (TPSA) is 90.9 Å². The van der Waals surface area contributed by atoms with E-state index in [2.05, 4.69) is 5.32 Å². The van der Waals surface area contributed by atoms with Crippen molar-refractivity contribution in [2.75, 3.05) is 33.0 Å². The van der Waals surface area contributed by atoms with Gasteiger partial charge in [0, 0.05) is 19.4 Å². The van der Waals surface area contributed by atoms with Crippen LogP contribution < -0.4 is 5.32 Å². The molecular formula is C15H27NO6. The van der Waals surface area contributed by atoms with Crippen molar-refractivity contribution in [2.24, 2.45) is 0 Å². The molecule has 0 aromatic heterocycles. The molecule has 0 aromatic rings. The molecule has 0 rings (SSSR count). The monoisotopic (exact) mass is 317 g/mol. The van der Waals surface area contributed by atoms with Gasteiger partial charge in [0.25, 0.3) is 0 Å². The molecule has 0 saturated heterocycles. The maximum absolute atomic E-state index is 11.5. The summed E-state index contributed by atoms with van der Waals surface area (Å²) in [5.41, 5.74) is -0.494. The normalized spacial score (nSPS) is 11.0. The van der Waals surface area contributed by atoms with Gasteiger partial charge < -0.3 is 24.3 Å². The van der Waals surface area contributed by atoms with E-state index in [0.717, 1.165) is 0 Å². The van der Waals surface area contributed by atoms with Crippen molar-refractivity contribution in [3.8, 4) is 0 Å². The Labute approximate surface area is 131 Å². The summed E-state index contributed by atoms with van der Waals surface area (Å²) < 4.78 is 15.2. The molecule has 0 aliphatic heterocycles. The third-order valence-electron chi connectivity index (χ3n) is 2.33. The van der Waals surface area contributed by atoms with E-state index in [-0.39, 0.29) is 31.3 Å². The molecule has 0 atom stereocenters. The lowest BCUT2D eigenvalue weighted by atomic mass is 10.2. The smallest absolute Gasteiger partial charge is 0.306 e. The maximum atomic E-state index is 11.5. The van der Waals surface area contributed by atoms with Gasteiger partial charge in [-0.3, -0.25) is 9.59 Å². The zero-order valence-electron chi connectivity index (χ0n) is 13.7. The highest BCUT2D eigenvalue weighted by Crippen LogP contribution is 2.09. The highest BCUT2D eigenvalue weighted by Gasteiger charge is 2.16. The Bertz CT molecular complexity index is 337. The van der Waals surface area contributed by atoms with Crippen molar-refractivity contribution >= 4 is 18.2 Å².